The molecule has 0 aliphatic heterocycles. The van der Waals surface area contributed by atoms with Crippen LogP contribution in [0.15, 0.2) is 42.5 Å². The summed E-state index contributed by atoms with van der Waals surface area (Å²) >= 11 is 0. The molecule has 6 heteroatoms. The molecule has 2 rings (SSSR count). The minimum Gasteiger partial charge on any atom is -0.457 e. The Bertz CT molecular complexity index is 578. The van der Waals surface area contributed by atoms with Crippen molar-refractivity contribution in [1.82, 2.24) is 0 Å². The van der Waals surface area contributed by atoms with Crippen LogP contribution >= 0.6 is 0 Å². The average molecular weight is 271 g/mol. The van der Waals surface area contributed by atoms with Crippen LogP contribution in [0.25, 0.3) is 0 Å². The fraction of sp³-hybridized carbons (Fsp3) is 0.0769. The first kappa shape index (κ1) is 13.2. The van der Waals surface area contributed by atoms with E-state index >= 15 is 0 Å². The van der Waals surface area contributed by atoms with Crippen LogP contribution in [0.5, 0.6) is 11.5 Å². The second kappa shape index (κ2) is 4.79. The van der Waals surface area contributed by atoms with E-state index in [1.165, 1.54) is 12.1 Å². The minimum absolute atomic E-state index is 0.0986. The lowest BCUT2D eigenvalue weighted by Gasteiger charge is -2.11. The van der Waals surface area contributed by atoms with Gasteiger partial charge in [0.05, 0.1) is 5.56 Å². The van der Waals surface area contributed by atoms with Crippen LogP contribution in [0.2, 0.25) is 0 Å². The second-order valence-electron chi connectivity index (χ2n) is 3.81. The van der Waals surface area contributed by atoms with Gasteiger partial charge in [-0.1, -0.05) is 0 Å². The van der Waals surface area contributed by atoms with Crippen molar-refractivity contribution in [2.45, 2.75) is 6.18 Å². The van der Waals surface area contributed by atoms with Gasteiger partial charge in [-0.05, 0) is 42.5 Å². The summed E-state index contributed by atoms with van der Waals surface area (Å²) in [6.45, 7) is 0. The van der Waals surface area contributed by atoms with Crippen LogP contribution < -0.4 is 10.5 Å². The maximum atomic E-state index is 13.1. The number of alkyl halides is 3. The number of rotatable bonds is 2. The summed E-state index contributed by atoms with van der Waals surface area (Å²) in [5.74, 6) is -1.12. The van der Waals surface area contributed by atoms with E-state index in [2.05, 4.69) is 0 Å². The van der Waals surface area contributed by atoms with E-state index in [9.17, 15) is 17.6 Å². The molecule has 2 nitrogen and oxygen atoms in total. The molecule has 100 valence electrons. The van der Waals surface area contributed by atoms with Gasteiger partial charge in [-0.25, -0.2) is 4.39 Å². The Morgan fingerprint density at radius 1 is 0.895 bits per heavy atom. The Morgan fingerprint density at radius 2 is 1.47 bits per heavy atom. The summed E-state index contributed by atoms with van der Waals surface area (Å²) in [4.78, 5) is 0. The summed E-state index contributed by atoms with van der Waals surface area (Å²) in [7, 11) is 0. The van der Waals surface area contributed by atoms with Crippen molar-refractivity contribution >= 4 is 5.69 Å². The van der Waals surface area contributed by atoms with Gasteiger partial charge in [0.1, 0.15) is 17.3 Å². The molecule has 0 unspecified atom stereocenters. The largest absolute Gasteiger partial charge is 0.457 e. The smallest absolute Gasteiger partial charge is 0.419 e. The first-order valence-corrected chi connectivity index (χ1v) is 5.26. The molecule has 0 heterocycles. The van der Waals surface area contributed by atoms with Gasteiger partial charge in [0.2, 0.25) is 0 Å². The Balaban J connectivity index is 2.29. The summed E-state index contributed by atoms with van der Waals surface area (Å²) < 4.78 is 55.8. The van der Waals surface area contributed by atoms with Gasteiger partial charge in [-0.15, -0.1) is 0 Å². The van der Waals surface area contributed by atoms with Gasteiger partial charge in [0, 0.05) is 5.69 Å². The highest BCUT2D eigenvalue weighted by molar-refractivity contribution is 5.43. The monoisotopic (exact) mass is 271 g/mol. The molecule has 2 N–H and O–H groups in total. The highest BCUT2D eigenvalue weighted by Crippen LogP contribution is 2.34. The third-order valence-corrected chi connectivity index (χ3v) is 2.36. The molecule has 0 bridgehead atoms. The van der Waals surface area contributed by atoms with Crippen LogP contribution in [0.1, 0.15) is 5.56 Å². The van der Waals surface area contributed by atoms with Crippen molar-refractivity contribution in [2.75, 3.05) is 5.73 Å². The molecule has 2 aromatic rings. The van der Waals surface area contributed by atoms with Crippen molar-refractivity contribution < 1.29 is 22.3 Å². The number of nitrogens with two attached hydrogens (primary N) is 1. The molecule has 0 aromatic heterocycles. The Labute approximate surface area is 106 Å². The van der Waals surface area contributed by atoms with Crippen molar-refractivity contribution in [3.05, 3.63) is 53.8 Å². The zero-order valence-electron chi connectivity index (χ0n) is 9.54. The van der Waals surface area contributed by atoms with E-state index in [0.717, 1.165) is 12.1 Å². The van der Waals surface area contributed by atoms with Crippen LogP contribution in [-0.2, 0) is 6.18 Å². The van der Waals surface area contributed by atoms with Crippen molar-refractivity contribution in [3.8, 4) is 11.5 Å². The zero-order valence-corrected chi connectivity index (χ0v) is 9.54. The number of hydrogen-bond acceptors (Lipinski definition) is 2. The van der Waals surface area contributed by atoms with Crippen LogP contribution in [0.3, 0.4) is 0 Å². The molecule has 0 aliphatic carbocycles. The molecule has 0 saturated heterocycles. The van der Waals surface area contributed by atoms with Crippen molar-refractivity contribution in [3.63, 3.8) is 0 Å². The summed E-state index contributed by atoms with van der Waals surface area (Å²) in [6, 6.07) is 8.56. The molecule has 2 aromatic carbocycles. The predicted molar refractivity (Wildman–Crippen MR) is 62.3 cm³/mol. The SMILES string of the molecule is Nc1ccc(Oc2ccc(F)c(C(F)(F)F)c2)cc1. The number of hydrogen-bond donors (Lipinski definition) is 1. The van der Waals surface area contributed by atoms with Gasteiger partial charge in [0.25, 0.3) is 0 Å². The van der Waals surface area contributed by atoms with Crippen LogP contribution in [-0.4, -0.2) is 0 Å². The summed E-state index contributed by atoms with van der Waals surface area (Å²) in [6.07, 6.45) is -4.76. The molecule has 0 aliphatic rings. The topological polar surface area (TPSA) is 35.2 Å². The van der Waals surface area contributed by atoms with Gasteiger partial charge in [-0.3, -0.25) is 0 Å². The zero-order chi connectivity index (χ0) is 14.0. The third-order valence-electron chi connectivity index (χ3n) is 2.36. The van der Waals surface area contributed by atoms with Gasteiger partial charge in [-0.2, -0.15) is 13.2 Å². The predicted octanol–water partition coefficient (Wildman–Crippen LogP) is 4.22. The lowest BCUT2D eigenvalue weighted by Crippen LogP contribution is -2.08. The van der Waals surface area contributed by atoms with Crippen molar-refractivity contribution in [2.24, 2.45) is 0 Å². The summed E-state index contributed by atoms with van der Waals surface area (Å²) in [5.41, 5.74) is 4.61. The maximum absolute atomic E-state index is 13.1. The fourth-order valence-electron chi connectivity index (χ4n) is 1.46. The third kappa shape index (κ3) is 3.15. The van der Waals surface area contributed by atoms with Crippen molar-refractivity contribution in [1.29, 1.82) is 0 Å². The second-order valence-corrected chi connectivity index (χ2v) is 3.81. The maximum Gasteiger partial charge on any atom is 0.419 e. The molecule has 0 amide bonds. The molecule has 0 atom stereocenters. The highest BCUT2D eigenvalue weighted by Gasteiger charge is 2.34. The van der Waals surface area contributed by atoms with E-state index < -0.39 is 17.6 Å². The van der Waals surface area contributed by atoms with Gasteiger partial charge < -0.3 is 10.5 Å². The molecular formula is C13H9F4NO. The van der Waals surface area contributed by atoms with Crippen LogP contribution in [0.4, 0.5) is 23.2 Å². The molecule has 19 heavy (non-hydrogen) atoms. The normalized spacial score (nSPS) is 11.4. The number of nitrogen functional groups attached to an aromatic ring is 1. The van der Waals surface area contributed by atoms with Crippen LogP contribution in [0, 0.1) is 5.82 Å². The quantitative estimate of drug-likeness (QED) is 0.655. The minimum atomic E-state index is -4.76. The Kier molecular flexibility index (Phi) is 3.33. The highest BCUT2D eigenvalue weighted by atomic mass is 19.4. The van der Waals surface area contributed by atoms with E-state index in [0.29, 0.717) is 17.5 Å². The van der Waals surface area contributed by atoms with E-state index in [-0.39, 0.29) is 5.75 Å². The average Bonchev–Trinajstić information content (AvgIpc) is 2.33. The molecule has 0 saturated carbocycles. The number of anilines is 1. The first-order valence-electron chi connectivity index (χ1n) is 5.26. The number of benzene rings is 2. The standard InChI is InChI=1S/C13H9F4NO/c14-12-6-5-10(7-11(12)13(15,16)17)19-9-3-1-8(18)2-4-9/h1-7H,18H2. The summed E-state index contributed by atoms with van der Waals surface area (Å²) in [5, 5.41) is 0. The molecule has 0 radical (unpaired) electrons. The van der Waals surface area contributed by atoms with E-state index in [1.54, 1.807) is 12.1 Å². The number of halogens is 4. The van der Waals surface area contributed by atoms with E-state index in [1.807, 2.05) is 0 Å². The van der Waals surface area contributed by atoms with Gasteiger partial charge >= 0.3 is 6.18 Å². The first-order chi connectivity index (χ1) is 8.86. The lowest BCUT2D eigenvalue weighted by molar-refractivity contribution is -0.140. The lowest BCUT2D eigenvalue weighted by atomic mass is 10.2. The molecule has 0 fully saturated rings. The Hall–Kier alpha value is -2.24. The van der Waals surface area contributed by atoms with E-state index in [4.69, 9.17) is 10.5 Å². The Morgan fingerprint density at radius 3 is 2.05 bits per heavy atom. The molecular weight excluding hydrogens is 262 g/mol. The number of ether oxygens (including phenoxy) is 1. The fourth-order valence-corrected chi connectivity index (χ4v) is 1.46. The van der Waals surface area contributed by atoms with Gasteiger partial charge in [0.15, 0.2) is 0 Å². The molecule has 0 spiro atoms.